The predicted octanol–water partition coefficient (Wildman–Crippen LogP) is 2.45. The van der Waals surface area contributed by atoms with Crippen molar-refractivity contribution in [2.24, 2.45) is 4.99 Å². The van der Waals surface area contributed by atoms with Crippen molar-refractivity contribution in [1.82, 2.24) is 20.4 Å². The fourth-order valence-electron chi connectivity index (χ4n) is 3.76. The zero-order valence-electron chi connectivity index (χ0n) is 17.7. The van der Waals surface area contributed by atoms with Gasteiger partial charge in [0.2, 0.25) is 5.91 Å². The quantitative estimate of drug-likeness (QED) is 0.543. The molecular formula is C21H30F3N5O. The minimum Gasteiger partial charge on any atom is -0.352 e. The number of likely N-dealkylation sites (N-methyl/N-ethyl adjacent to an activating group) is 1. The third-order valence-corrected chi connectivity index (χ3v) is 5.56. The largest absolute Gasteiger partial charge is 0.416 e. The highest BCUT2D eigenvalue weighted by Crippen LogP contribution is 2.33. The second-order valence-electron chi connectivity index (χ2n) is 8.36. The number of carbonyl (C=O) groups is 1. The number of alkyl halides is 3. The number of nitrogens with zero attached hydrogens (tertiary/aromatic N) is 3. The number of rotatable bonds is 6. The van der Waals surface area contributed by atoms with Crippen LogP contribution in [-0.4, -0.2) is 67.0 Å². The predicted molar refractivity (Wildman–Crippen MR) is 110 cm³/mol. The van der Waals surface area contributed by atoms with Crippen molar-refractivity contribution in [3.63, 3.8) is 0 Å². The average Bonchev–Trinajstić information content (AvgIpc) is 3.46. The SMILES string of the molecule is CC1CC(NC(=NCc2cccc(C(F)(F)F)c2)NCC(=O)N(C)C)CN1C1CC1. The van der Waals surface area contributed by atoms with Gasteiger partial charge in [-0.05, 0) is 43.9 Å². The summed E-state index contributed by atoms with van der Waals surface area (Å²) >= 11 is 0. The second-order valence-corrected chi connectivity index (χ2v) is 8.36. The van der Waals surface area contributed by atoms with E-state index in [-0.39, 0.29) is 25.0 Å². The fourth-order valence-corrected chi connectivity index (χ4v) is 3.76. The summed E-state index contributed by atoms with van der Waals surface area (Å²) in [5.41, 5.74) is -0.227. The zero-order chi connectivity index (χ0) is 21.9. The molecule has 3 rings (SSSR count). The number of hydrogen-bond donors (Lipinski definition) is 2. The first kappa shape index (κ1) is 22.4. The van der Waals surface area contributed by atoms with Crippen LogP contribution in [0.2, 0.25) is 0 Å². The van der Waals surface area contributed by atoms with Gasteiger partial charge >= 0.3 is 6.18 Å². The van der Waals surface area contributed by atoms with Crippen LogP contribution < -0.4 is 10.6 Å². The van der Waals surface area contributed by atoms with Gasteiger partial charge in [0.1, 0.15) is 0 Å². The lowest BCUT2D eigenvalue weighted by Gasteiger charge is -2.20. The van der Waals surface area contributed by atoms with Crippen LogP contribution >= 0.6 is 0 Å². The van der Waals surface area contributed by atoms with Gasteiger partial charge in [-0.15, -0.1) is 0 Å². The summed E-state index contributed by atoms with van der Waals surface area (Å²) in [5.74, 6) is 0.334. The van der Waals surface area contributed by atoms with Crippen LogP contribution in [-0.2, 0) is 17.5 Å². The van der Waals surface area contributed by atoms with Gasteiger partial charge in [0.15, 0.2) is 5.96 Å². The first-order valence-electron chi connectivity index (χ1n) is 10.3. The van der Waals surface area contributed by atoms with Gasteiger partial charge in [0, 0.05) is 38.8 Å². The summed E-state index contributed by atoms with van der Waals surface area (Å²) in [6.45, 7) is 3.26. The Morgan fingerprint density at radius 3 is 2.67 bits per heavy atom. The summed E-state index contributed by atoms with van der Waals surface area (Å²) in [6, 6.07) is 6.49. The molecule has 30 heavy (non-hydrogen) atoms. The highest BCUT2D eigenvalue weighted by atomic mass is 19.4. The molecule has 2 atom stereocenters. The Morgan fingerprint density at radius 1 is 1.30 bits per heavy atom. The van der Waals surface area contributed by atoms with E-state index in [2.05, 4.69) is 27.4 Å². The number of nitrogens with one attached hydrogen (secondary N) is 2. The van der Waals surface area contributed by atoms with E-state index in [1.165, 1.54) is 23.8 Å². The highest BCUT2D eigenvalue weighted by Gasteiger charge is 2.39. The van der Waals surface area contributed by atoms with Gasteiger partial charge in [-0.1, -0.05) is 12.1 Å². The van der Waals surface area contributed by atoms with E-state index in [1.54, 1.807) is 20.2 Å². The minimum absolute atomic E-state index is 0.0655. The van der Waals surface area contributed by atoms with E-state index < -0.39 is 11.7 Å². The molecule has 0 spiro atoms. The van der Waals surface area contributed by atoms with E-state index in [9.17, 15) is 18.0 Å². The Kier molecular flexibility index (Phi) is 6.90. The molecule has 0 bridgehead atoms. The van der Waals surface area contributed by atoms with E-state index in [4.69, 9.17) is 0 Å². The van der Waals surface area contributed by atoms with Crippen molar-refractivity contribution in [3.8, 4) is 0 Å². The molecule has 166 valence electrons. The van der Waals surface area contributed by atoms with Crippen molar-refractivity contribution in [2.45, 2.75) is 57.0 Å². The van der Waals surface area contributed by atoms with Crippen LogP contribution in [0.1, 0.15) is 37.3 Å². The number of guanidine groups is 1. The Hall–Kier alpha value is -2.29. The Labute approximate surface area is 175 Å². The van der Waals surface area contributed by atoms with Crippen molar-refractivity contribution < 1.29 is 18.0 Å². The van der Waals surface area contributed by atoms with Crippen LogP contribution in [0.5, 0.6) is 0 Å². The van der Waals surface area contributed by atoms with Crippen LogP contribution in [0.3, 0.4) is 0 Å². The summed E-state index contributed by atoms with van der Waals surface area (Å²) in [5, 5.41) is 6.40. The van der Waals surface area contributed by atoms with Crippen molar-refractivity contribution in [3.05, 3.63) is 35.4 Å². The zero-order valence-corrected chi connectivity index (χ0v) is 17.7. The first-order chi connectivity index (χ1) is 14.1. The number of aliphatic imine (C=N–C) groups is 1. The number of halogens is 3. The molecule has 9 heteroatoms. The number of carbonyl (C=O) groups excluding carboxylic acids is 1. The molecule has 6 nitrogen and oxygen atoms in total. The molecule has 1 aromatic carbocycles. The van der Waals surface area contributed by atoms with Crippen LogP contribution in [0.15, 0.2) is 29.3 Å². The topological polar surface area (TPSA) is 60.0 Å². The van der Waals surface area contributed by atoms with Crippen molar-refractivity contribution in [2.75, 3.05) is 27.2 Å². The fraction of sp³-hybridized carbons (Fsp3) is 0.619. The molecule has 2 N–H and O–H groups in total. The summed E-state index contributed by atoms with van der Waals surface area (Å²) in [7, 11) is 3.34. The van der Waals surface area contributed by atoms with Gasteiger partial charge in [0.25, 0.3) is 0 Å². The molecule has 1 amide bonds. The molecule has 1 saturated heterocycles. The number of likely N-dealkylation sites (tertiary alicyclic amines) is 1. The molecule has 0 aromatic heterocycles. The third-order valence-electron chi connectivity index (χ3n) is 5.56. The lowest BCUT2D eigenvalue weighted by Crippen LogP contribution is -2.47. The summed E-state index contributed by atoms with van der Waals surface area (Å²) in [4.78, 5) is 20.4. The van der Waals surface area contributed by atoms with Gasteiger partial charge in [-0.25, -0.2) is 4.99 Å². The first-order valence-corrected chi connectivity index (χ1v) is 10.3. The molecule has 2 aliphatic rings. The van der Waals surface area contributed by atoms with E-state index >= 15 is 0 Å². The van der Waals surface area contributed by atoms with E-state index in [1.807, 2.05) is 0 Å². The maximum Gasteiger partial charge on any atom is 0.416 e. The molecule has 1 aliphatic carbocycles. The standard InChI is InChI=1S/C21H30F3N5O/c1-14-9-17(13-29(14)18-7-8-18)27-20(26-12-19(30)28(2)3)25-11-15-5-4-6-16(10-15)21(22,23)24/h4-6,10,14,17-18H,7-9,11-13H2,1-3H3,(H2,25,26,27). The van der Waals surface area contributed by atoms with E-state index in [0.717, 1.165) is 25.1 Å². The third kappa shape index (κ3) is 6.10. The average molecular weight is 425 g/mol. The lowest BCUT2D eigenvalue weighted by molar-refractivity contribution is -0.137. The van der Waals surface area contributed by atoms with Crippen LogP contribution in [0.4, 0.5) is 13.2 Å². The summed E-state index contributed by atoms with van der Waals surface area (Å²) in [6.07, 6.45) is -0.946. The van der Waals surface area contributed by atoms with Crippen LogP contribution in [0, 0.1) is 0 Å². The molecule has 2 fully saturated rings. The molecule has 1 aliphatic heterocycles. The molecule has 1 aromatic rings. The van der Waals surface area contributed by atoms with Crippen molar-refractivity contribution >= 4 is 11.9 Å². The normalized spacial score (nSPS) is 22.8. The lowest BCUT2D eigenvalue weighted by atomic mass is 10.1. The van der Waals surface area contributed by atoms with Gasteiger partial charge in [-0.2, -0.15) is 13.2 Å². The Bertz CT molecular complexity index is 776. The number of benzene rings is 1. The second kappa shape index (κ2) is 9.24. The molecule has 0 radical (unpaired) electrons. The maximum absolute atomic E-state index is 13.0. The Morgan fingerprint density at radius 2 is 2.03 bits per heavy atom. The molecule has 1 heterocycles. The number of hydrogen-bond acceptors (Lipinski definition) is 3. The smallest absolute Gasteiger partial charge is 0.352 e. The van der Waals surface area contributed by atoms with Gasteiger partial charge < -0.3 is 15.5 Å². The van der Waals surface area contributed by atoms with E-state index in [0.29, 0.717) is 23.6 Å². The molecule has 1 saturated carbocycles. The van der Waals surface area contributed by atoms with Gasteiger partial charge in [0.05, 0.1) is 18.7 Å². The van der Waals surface area contributed by atoms with Gasteiger partial charge in [-0.3, -0.25) is 9.69 Å². The highest BCUT2D eigenvalue weighted by molar-refractivity contribution is 5.86. The summed E-state index contributed by atoms with van der Waals surface area (Å²) < 4.78 is 38.9. The maximum atomic E-state index is 13.0. The van der Waals surface area contributed by atoms with Crippen LogP contribution in [0.25, 0.3) is 0 Å². The molecule has 2 unspecified atom stereocenters. The van der Waals surface area contributed by atoms with Crippen molar-refractivity contribution in [1.29, 1.82) is 0 Å². The Balaban J connectivity index is 1.68. The monoisotopic (exact) mass is 425 g/mol. The molecular weight excluding hydrogens is 395 g/mol. The number of amides is 1. The minimum atomic E-state index is -4.39.